The lowest BCUT2D eigenvalue weighted by atomic mass is 9.96. The number of carbonyl (C=O) groups excluding carboxylic acids is 1. The van der Waals surface area contributed by atoms with Crippen molar-refractivity contribution in [2.24, 2.45) is 7.05 Å². The SMILES string of the molecule is Cc1c(/C=C/C(=O)Nc2sc3c(c2C#N)CCCC3)cnn1C. The lowest BCUT2D eigenvalue weighted by Gasteiger charge is -2.09. The first-order valence-corrected chi connectivity index (χ1v) is 8.44. The summed E-state index contributed by atoms with van der Waals surface area (Å²) in [6.07, 6.45) is 9.19. The highest BCUT2D eigenvalue weighted by Crippen LogP contribution is 2.37. The lowest BCUT2D eigenvalue weighted by molar-refractivity contribution is -0.111. The number of anilines is 1. The Morgan fingerprint density at radius 1 is 1.48 bits per heavy atom. The molecule has 3 rings (SSSR count). The van der Waals surface area contributed by atoms with E-state index in [0.29, 0.717) is 10.6 Å². The van der Waals surface area contributed by atoms with Crippen LogP contribution in [0.4, 0.5) is 5.00 Å². The van der Waals surface area contributed by atoms with Crippen LogP contribution in [0.15, 0.2) is 12.3 Å². The molecule has 0 unspecified atom stereocenters. The Morgan fingerprint density at radius 2 is 2.26 bits per heavy atom. The molecule has 23 heavy (non-hydrogen) atoms. The zero-order valence-electron chi connectivity index (χ0n) is 13.2. The van der Waals surface area contributed by atoms with E-state index in [-0.39, 0.29) is 5.91 Å². The fraction of sp³-hybridized carbons (Fsp3) is 0.353. The molecule has 0 saturated carbocycles. The van der Waals surface area contributed by atoms with Gasteiger partial charge < -0.3 is 5.32 Å². The van der Waals surface area contributed by atoms with Crippen LogP contribution < -0.4 is 5.32 Å². The van der Waals surface area contributed by atoms with Gasteiger partial charge in [-0.05, 0) is 44.2 Å². The van der Waals surface area contributed by atoms with Gasteiger partial charge in [0.05, 0.1) is 11.8 Å². The first-order chi connectivity index (χ1) is 11.1. The average molecular weight is 326 g/mol. The zero-order chi connectivity index (χ0) is 16.4. The fourth-order valence-electron chi connectivity index (χ4n) is 2.77. The minimum atomic E-state index is -0.219. The Bertz CT molecular complexity index is 822. The number of nitriles is 1. The van der Waals surface area contributed by atoms with Gasteiger partial charge in [0.15, 0.2) is 0 Å². The third-order valence-corrected chi connectivity index (χ3v) is 5.41. The number of amides is 1. The van der Waals surface area contributed by atoms with Gasteiger partial charge in [0, 0.05) is 29.3 Å². The molecule has 1 aliphatic rings. The van der Waals surface area contributed by atoms with Crippen molar-refractivity contribution in [1.82, 2.24) is 9.78 Å². The fourth-order valence-corrected chi connectivity index (χ4v) is 4.01. The molecule has 0 aromatic carbocycles. The van der Waals surface area contributed by atoms with Crippen LogP contribution in [0.1, 0.15) is 40.1 Å². The highest BCUT2D eigenvalue weighted by atomic mass is 32.1. The van der Waals surface area contributed by atoms with Crippen molar-refractivity contribution in [3.63, 3.8) is 0 Å². The van der Waals surface area contributed by atoms with Crippen molar-refractivity contribution in [1.29, 1.82) is 5.26 Å². The standard InChI is InChI=1S/C17H18N4OS/c1-11-12(10-19-21(11)2)7-8-16(22)20-17-14(9-18)13-5-3-4-6-15(13)23-17/h7-8,10H,3-6H2,1-2H3,(H,20,22)/b8-7+. The smallest absolute Gasteiger partial charge is 0.249 e. The second kappa shape index (κ2) is 6.39. The van der Waals surface area contributed by atoms with Crippen molar-refractivity contribution in [3.8, 4) is 6.07 Å². The molecule has 0 saturated heterocycles. The number of fused-ring (bicyclic) bond motifs is 1. The molecule has 2 heterocycles. The van der Waals surface area contributed by atoms with Crippen LogP contribution in [-0.4, -0.2) is 15.7 Å². The van der Waals surface area contributed by atoms with E-state index in [1.807, 2.05) is 14.0 Å². The van der Waals surface area contributed by atoms with Crippen LogP contribution in [0.5, 0.6) is 0 Å². The van der Waals surface area contributed by atoms with Crippen molar-refractivity contribution in [2.75, 3.05) is 5.32 Å². The summed E-state index contributed by atoms with van der Waals surface area (Å²) >= 11 is 1.54. The molecule has 0 atom stereocenters. The van der Waals surface area contributed by atoms with Gasteiger partial charge in [-0.1, -0.05) is 0 Å². The third-order valence-electron chi connectivity index (χ3n) is 4.21. The quantitative estimate of drug-likeness (QED) is 0.881. The van der Waals surface area contributed by atoms with Crippen molar-refractivity contribution < 1.29 is 4.79 Å². The molecule has 6 heteroatoms. The Morgan fingerprint density at radius 3 is 2.96 bits per heavy atom. The van der Waals surface area contributed by atoms with Gasteiger partial charge in [-0.2, -0.15) is 10.4 Å². The van der Waals surface area contributed by atoms with Crippen LogP contribution in [0, 0.1) is 18.3 Å². The molecule has 5 nitrogen and oxygen atoms in total. The first kappa shape index (κ1) is 15.5. The summed E-state index contributed by atoms with van der Waals surface area (Å²) in [5.41, 5.74) is 3.68. The van der Waals surface area contributed by atoms with Gasteiger partial charge in [-0.3, -0.25) is 9.48 Å². The van der Waals surface area contributed by atoms with Crippen LogP contribution in [0.2, 0.25) is 0 Å². The molecule has 0 spiro atoms. The van der Waals surface area contributed by atoms with Gasteiger partial charge >= 0.3 is 0 Å². The number of carbonyl (C=O) groups is 1. The minimum Gasteiger partial charge on any atom is -0.313 e. The van der Waals surface area contributed by atoms with Gasteiger partial charge in [-0.15, -0.1) is 11.3 Å². The number of aryl methyl sites for hydroxylation is 2. The highest BCUT2D eigenvalue weighted by molar-refractivity contribution is 7.16. The molecule has 0 radical (unpaired) electrons. The summed E-state index contributed by atoms with van der Waals surface area (Å²) in [5, 5.41) is 17.1. The summed E-state index contributed by atoms with van der Waals surface area (Å²) < 4.78 is 1.76. The molecule has 1 amide bonds. The molecule has 0 fully saturated rings. The van der Waals surface area contributed by atoms with E-state index in [9.17, 15) is 10.1 Å². The number of thiophene rings is 1. The van der Waals surface area contributed by atoms with E-state index in [1.54, 1.807) is 17.0 Å². The van der Waals surface area contributed by atoms with Crippen LogP contribution in [0.3, 0.4) is 0 Å². The molecular weight excluding hydrogens is 308 g/mol. The molecule has 0 bridgehead atoms. The van der Waals surface area contributed by atoms with E-state index in [2.05, 4.69) is 16.5 Å². The monoisotopic (exact) mass is 326 g/mol. The Balaban J connectivity index is 1.77. The summed E-state index contributed by atoms with van der Waals surface area (Å²) in [6, 6.07) is 2.25. The number of aromatic nitrogens is 2. The molecule has 0 aliphatic heterocycles. The number of nitrogens with zero attached hydrogens (tertiary/aromatic N) is 3. The van der Waals surface area contributed by atoms with Gasteiger partial charge in [0.2, 0.25) is 5.91 Å². The lowest BCUT2D eigenvalue weighted by Crippen LogP contribution is -2.08. The maximum absolute atomic E-state index is 12.2. The van der Waals surface area contributed by atoms with Crippen molar-refractivity contribution >= 4 is 28.3 Å². The van der Waals surface area contributed by atoms with E-state index < -0.39 is 0 Å². The van der Waals surface area contributed by atoms with Crippen molar-refractivity contribution in [3.05, 3.63) is 39.5 Å². The predicted molar refractivity (Wildman–Crippen MR) is 91.3 cm³/mol. The summed E-state index contributed by atoms with van der Waals surface area (Å²) in [5.74, 6) is -0.219. The van der Waals surface area contributed by atoms with Crippen LogP contribution >= 0.6 is 11.3 Å². The normalized spacial score (nSPS) is 13.8. The molecule has 1 aliphatic carbocycles. The zero-order valence-corrected chi connectivity index (χ0v) is 14.0. The topological polar surface area (TPSA) is 70.7 Å². The Kier molecular flexibility index (Phi) is 4.30. The summed E-state index contributed by atoms with van der Waals surface area (Å²) in [6.45, 7) is 1.95. The van der Waals surface area contributed by atoms with E-state index in [0.717, 1.165) is 42.5 Å². The molecule has 1 N–H and O–H groups in total. The average Bonchev–Trinajstić information content (AvgIpc) is 3.06. The largest absolute Gasteiger partial charge is 0.313 e. The minimum absolute atomic E-state index is 0.219. The number of nitrogens with one attached hydrogen (secondary N) is 1. The maximum Gasteiger partial charge on any atom is 0.249 e. The first-order valence-electron chi connectivity index (χ1n) is 7.62. The number of rotatable bonds is 3. The van der Waals surface area contributed by atoms with Gasteiger partial charge in [-0.25, -0.2) is 0 Å². The van der Waals surface area contributed by atoms with Gasteiger partial charge in [0.1, 0.15) is 11.1 Å². The Hall–Kier alpha value is -2.39. The number of hydrogen-bond donors (Lipinski definition) is 1. The highest BCUT2D eigenvalue weighted by Gasteiger charge is 2.21. The molecular formula is C17H18N4OS. The van der Waals surface area contributed by atoms with Crippen LogP contribution in [0.25, 0.3) is 6.08 Å². The molecule has 2 aromatic rings. The second-order valence-electron chi connectivity index (χ2n) is 5.66. The van der Waals surface area contributed by atoms with E-state index in [4.69, 9.17) is 0 Å². The number of hydrogen-bond acceptors (Lipinski definition) is 4. The maximum atomic E-state index is 12.2. The Labute approximate surface area is 139 Å². The summed E-state index contributed by atoms with van der Waals surface area (Å²) in [4.78, 5) is 13.4. The van der Waals surface area contributed by atoms with E-state index >= 15 is 0 Å². The van der Waals surface area contributed by atoms with Crippen molar-refractivity contribution in [2.45, 2.75) is 32.6 Å². The second-order valence-corrected chi connectivity index (χ2v) is 6.76. The molecule has 118 valence electrons. The third kappa shape index (κ3) is 3.06. The van der Waals surface area contributed by atoms with Gasteiger partial charge in [0.25, 0.3) is 0 Å². The predicted octanol–water partition coefficient (Wildman–Crippen LogP) is 3.19. The van der Waals surface area contributed by atoms with E-state index in [1.165, 1.54) is 22.3 Å². The molecule has 2 aromatic heterocycles. The summed E-state index contributed by atoms with van der Waals surface area (Å²) in [7, 11) is 1.86. The van der Waals surface area contributed by atoms with Crippen LogP contribution in [-0.2, 0) is 24.7 Å².